The van der Waals surface area contributed by atoms with Crippen molar-refractivity contribution in [3.8, 4) is 0 Å². The van der Waals surface area contributed by atoms with E-state index >= 15 is 0 Å². The van der Waals surface area contributed by atoms with Crippen LogP contribution in [0.3, 0.4) is 0 Å². The quantitative estimate of drug-likeness (QED) is 0.301. The summed E-state index contributed by atoms with van der Waals surface area (Å²) in [5.74, 6) is 0.586. The Kier molecular flexibility index (Phi) is 16.3. The molecule has 0 saturated carbocycles. The van der Waals surface area contributed by atoms with E-state index in [0.29, 0.717) is 5.92 Å². The minimum atomic E-state index is -1.69. The average molecular weight is 480 g/mol. The first-order valence-electron chi connectivity index (χ1n) is 9.21. The minimum Gasteiger partial charge on any atom is -1.00 e. The van der Waals surface area contributed by atoms with Gasteiger partial charge in [0.25, 0.3) is 0 Å². The van der Waals surface area contributed by atoms with Gasteiger partial charge in [-0.2, -0.15) is 11.3 Å². The molecule has 0 bridgehead atoms. The van der Waals surface area contributed by atoms with Crippen molar-refractivity contribution in [1.29, 1.82) is 0 Å². The summed E-state index contributed by atoms with van der Waals surface area (Å²) >= 11 is 0. The van der Waals surface area contributed by atoms with E-state index in [-0.39, 0.29) is 58.9 Å². The molecule has 1 aromatic rings. The second-order valence-electron chi connectivity index (χ2n) is 7.78. The van der Waals surface area contributed by atoms with Crippen molar-refractivity contribution >= 4 is 13.3 Å². The van der Waals surface area contributed by atoms with Crippen molar-refractivity contribution in [2.45, 2.75) is 73.4 Å². The number of allylic oxidation sites excluding steroid dienone is 4. The molecule has 0 N–H and O–H groups in total. The standard InChI is InChI=1S/C22H33Si.3ClH.Ti/c1-8-9-13-23(7,21-12-10-11-20(21)16(2)3)22-18(5)14-17(4)15-19(22)6;;;;/h12,14-16H,8-10,13H2,1-7H3;3*1H;/q-1;;;;+4/p-3. The zero-order valence-corrected chi connectivity index (χ0v) is 22.6. The monoisotopic (exact) mass is 478 g/mol. The van der Waals surface area contributed by atoms with Gasteiger partial charge >= 0.3 is 21.7 Å². The molecule has 0 spiro atoms. The fraction of sp³-hybridized carbons (Fsp3) is 0.545. The fourth-order valence-electron chi connectivity index (χ4n) is 4.48. The van der Waals surface area contributed by atoms with E-state index < -0.39 is 8.07 Å². The number of rotatable bonds is 6. The van der Waals surface area contributed by atoms with Crippen LogP contribution in [0.15, 0.2) is 29.0 Å². The Hall–Kier alpha value is 0.501. The normalized spacial score (nSPS) is 14.7. The van der Waals surface area contributed by atoms with Gasteiger partial charge in [-0.15, -0.1) is 6.42 Å². The summed E-state index contributed by atoms with van der Waals surface area (Å²) in [6, 6.07) is 6.13. The van der Waals surface area contributed by atoms with Gasteiger partial charge in [0.1, 0.15) is 0 Å². The Labute approximate surface area is 202 Å². The summed E-state index contributed by atoms with van der Waals surface area (Å²) in [5.41, 5.74) is 5.91. The van der Waals surface area contributed by atoms with Gasteiger partial charge < -0.3 is 37.2 Å². The van der Waals surface area contributed by atoms with E-state index in [9.17, 15) is 0 Å². The zero-order valence-electron chi connectivity index (χ0n) is 17.8. The maximum absolute atomic E-state index is 3.67. The van der Waals surface area contributed by atoms with Crippen LogP contribution >= 0.6 is 0 Å². The van der Waals surface area contributed by atoms with Crippen molar-refractivity contribution in [2.75, 3.05) is 0 Å². The van der Waals surface area contributed by atoms with Crippen LogP contribution in [0.2, 0.25) is 12.6 Å². The SMILES string of the molecule is CCCC[Si](C)(C1=CC[C-]=C1C(C)C)c1c(C)cc(C)cc1C.[Cl-].[Cl-].[Cl-].[Ti+4]. The topological polar surface area (TPSA) is 0 Å². The maximum atomic E-state index is 3.67. The number of benzene rings is 1. The smallest absolute Gasteiger partial charge is 1.00 e. The van der Waals surface area contributed by atoms with Gasteiger partial charge in [0, 0.05) is 8.07 Å². The Morgan fingerprint density at radius 3 is 2.00 bits per heavy atom. The van der Waals surface area contributed by atoms with E-state index in [1.807, 2.05) is 0 Å². The van der Waals surface area contributed by atoms with Crippen molar-refractivity contribution in [3.05, 3.63) is 51.7 Å². The molecule has 1 aliphatic rings. The van der Waals surface area contributed by atoms with Crippen LogP contribution in [0, 0.1) is 32.8 Å². The molecule has 150 valence electrons. The largest absolute Gasteiger partial charge is 4.00 e. The zero-order chi connectivity index (χ0) is 17.2. The molecular weight excluding hydrogens is 447 g/mol. The van der Waals surface area contributed by atoms with Gasteiger partial charge in [-0.1, -0.05) is 86.1 Å². The fourth-order valence-corrected chi connectivity index (χ4v) is 9.74. The summed E-state index contributed by atoms with van der Waals surface area (Å²) in [4.78, 5) is 0. The van der Waals surface area contributed by atoms with Gasteiger partial charge in [-0.25, -0.2) is 5.57 Å². The third-order valence-corrected chi connectivity index (χ3v) is 10.2. The number of hydrogen-bond acceptors (Lipinski definition) is 0. The van der Waals surface area contributed by atoms with E-state index in [1.54, 1.807) is 10.4 Å². The van der Waals surface area contributed by atoms with E-state index in [4.69, 9.17) is 0 Å². The van der Waals surface area contributed by atoms with Crippen molar-refractivity contribution < 1.29 is 58.9 Å². The summed E-state index contributed by atoms with van der Waals surface area (Å²) in [6.07, 6.45) is 9.79. The third-order valence-electron chi connectivity index (χ3n) is 5.32. The Morgan fingerprint density at radius 2 is 1.56 bits per heavy atom. The van der Waals surface area contributed by atoms with Crippen LogP contribution in [0.5, 0.6) is 0 Å². The van der Waals surface area contributed by atoms with Crippen LogP contribution in [0.25, 0.3) is 0 Å². The molecule has 1 unspecified atom stereocenters. The summed E-state index contributed by atoms with van der Waals surface area (Å²) in [5, 5.41) is 3.36. The number of halogens is 3. The first kappa shape index (κ1) is 32.2. The Morgan fingerprint density at radius 1 is 1.04 bits per heavy atom. The summed E-state index contributed by atoms with van der Waals surface area (Å²) < 4.78 is 0. The van der Waals surface area contributed by atoms with Crippen molar-refractivity contribution in [1.82, 2.24) is 0 Å². The predicted molar refractivity (Wildman–Crippen MR) is 106 cm³/mol. The summed E-state index contributed by atoms with van der Waals surface area (Å²) in [7, 11) is -1.69. The Bertz CT molecular complexity index is 630. The molecule has 5 heteroatoms. The van der Waals surface area contributed by atoms with Gasteiger partial charge in [0.15, 0.2) is 0 Å². The first-order chi connectivity index (χ1) is 10.8. The van der Waals surface area contributed by atoms with Crippen molar-refractivity contribution in [2.24, 2.45) is 5.92 Å². The van der Waals surface area contributed by atoms with E-state index in [1.165, 1.54) is 41.1 Å². The predicted octanol–water partition coefficient (Wildman–Crippen LogP) is -3.04. The van der Waals surface area contributed by atoms with Gasteiger partial charge in [0.2, 0.25) is 0 Å². The average Bonchev–Trinajstić information content (AvgIpc) is 2.94. The third kappa shape index (κ3) is 7.05. The molecule has 0 radical (unpaired) electrons. The van der Waals surface area contributed by atoms with Crippen molar-refractivity contribution in [3.63, 3.8) is 0 Å². The molecule has 0 aromatic heterocycles. The van der Waals surface area contributed by atoms with Gasteiger partial charge in [0.05, 0.1) is 0 Å². The molecule has 0 nitrogen and oxygen atoms in total. The van der Waals surface area contributed by atoms with E-state index in [2.05, 4.69) is 72.4 Å². The van der Waals surface area contributed by atoms with Crippen LogP contribution in [0.1, 0.15) is 56.7 Å². The number of aryl methyl sites for hydroxylation is 3. The van der Waals surface area contributed by atoms with Gasteiger partial charge in [-0.05, 0) is 20.8 Å². The molecule has 2 rings (SSSR count). The molecule has 0 aliphatic heterocycles. The molecule has 0 amide bonds. The summed E-state index contributed by atoms with van der Waals surface area (Å²) in [6.45, 7) is 16.4. The molecule has 1 aromatic carbocycles. The molecule has 1 atom stereocenters. The molecule has 0 fully saturated rings. The van der Waals surface area contributed by atoms with Crippen LogP contribution < -0.4 is 42.4 Å². The maximum Gasteiger partial charge on any atom is 4.00 e. The molecule has 1 aliphatic carbocycles. The minimum absolute atomic E-state index is 0. The van der Waals surface area contributed by atoms with Crippen LogP contribution in [-0.2, 0) is 21.7 Å². The molecule has 0 heterocycles. The van der Waals surface area contributed by atoms with E-state index in [0.717, 1.165) is 6.42 Å². The number of unbranched alkanes of at least 4 members (excludes halogenated alkanes) is 1. The second-order valence-corrected chi connectivity index (χ2v) is 12.0. The van der Waals surface area contributed by atoms with Gasteiger partial charge in [-0.3, -0.25) is 6.08 Å². The van der Waals surface area contributed by atoms with Crippen LogP contribution in [0.4, 0.5) is 0 Å². The molecule has 27 heavy (non-hydrogen) atoms. The second kappa shape index (κ2) is 13.7. The first-order valence-corrected chi connectivity index (χ1v) is 11.9. The molecular formula is C22H33Cl3SiTi. The number of hydrogen-bond donors (Lipinski definition) is 0. The Balaban J connectivity index is -0.00000144. The van der Waals surface area contributed by atoms with Crippen LogP contribution in [-0.4, -0.2) is 8.07 Å². The molecule has 0 saturated heterocycles.